The maximum atomic E-state index is 11.7. The number of allylic oxidation sites excluding steroid dienone is 2. The van der Waals surface area contributed by atoms with E-state index in [0.29, 0.717) is 5.82 Å². The minimum atomic E-state index is -0.203. The number of nitrogens with zero attached hydrogens (tertiary/aromatic N) is 1. The van der Waals surface area contributed by atoms with E-state index in [1.54, 1.807) is 18.4 Å². The summed E-state index contributed by atoms with van der Waals surface area (Å²) in [5.41, 5.74) is 0. The number of nitrogens with one attached hydrogen (secondary N) is 3. The predicted molar refractivity (Wildman–Crippen MR) is 70.0 cm³/mol. The Kier molecular flexibility index (Phi) is 6.03. The fourth-order valence-corrected chi connectivity index (χ4v) is 1.62. The van der Waals surface area contributed by atoms with Crippen molar-refractivity contribution in [3.05, 3.63) is 24.6 Å². The first-order valence-corrected chi connectivity index (χ1v) is 5.86. The number of aliphatic imine (C=N–C) groups is 1. The van der Waals surface area contributed by atoms with Crippen LogP contribution in [0.4, 0.5) is 4.79 Å². The Labute approximate surface area is 102 Å². The molecule has 2 amide bonds. The Hall–Kier alpha value is -1.62. The highest BCUT2D eigenvalue weighted by molar-refractivity contribution is 5.77. The molecule has 0 aromatic carbocycles. The summed E-state index contributed by atoms with van der Waals surface area (Å²) in [6, 6.07) is 0.0453. The van der Waals surface area contributed by atoms with Crippen LogP contribution < -0.4 is 16.0 Å². The van der Waals surface area contributed by atoms with E-state index in [4.69, 9.17) is 0 Å². The van der Waals surface area contributed by atoms with Crippen LogP contribution in [0.5, 0.6) is 0 Å². The van der Waals surface area contributed by atoms with Gasteiger partial charge in [0, 0.05) is 12.3 Å². The quantitative estimate of drug-likeness (QED) is 0.641. The highest BCUT2D eigenvalue weighted by Crippen LogP contribution is 2.01. The average molecular weight is 236 g/mol. The van der Waals surface area contributed by atoms with Crippen molar-refractivity contribution >= 4 is 12.2 Å². The molecule has 1 aliphatic rings. The maximum absolute atomic E-state index is 11.7. The summed E-state index contributed by atoms with van der Waals surface area (Å²) in [6.07, 6.45) is 6.78. The molecule has 5 nitrogen and oxygen atoms in total. The van der Waals surface area contributed by atoms with Gasteiger partial charge in [-0.05, 0) is 38.9 Å². The van der Waals surface area contributed by atoms with Gasteiger partial charge in [-0.2, -0.15) is 0 Å². The summed E-state index contributed by atoms with van der Waals surface area (Å²) in [5, 5.41) is 8.87. The maximum Gasteiger partial charge on any atom is 0.320 e. The third kappa shape index (κ3) is 5.31. The fraction of sp³-hybridized carbons (Fsp3) is 0.500. The van der Waals surface area contributed by atoms with Crippen LogP contribution in [0.15, 0.2) is 29.5 Å². The van der Waals surface area contributed by atoms with Crippen LogP contribution in [0.3, 0.4) is 0 Å². The molecule has 1 saturated heterocycles. The number of amides is 2. The molecule has 1 aliphatic heterocycles. The van der Waals surface area contributed by atoms with E-state index in [9.17, 15) is 4.79 Å². The largest absolute Gasteiger partial charge is 0.335 e. The molecule has 0 spiro atoms. The molecule has 0 unspecified atom stereocenters. The molecule has 0 aromatic rings. The highest BCUT2D eigenvalue weighted by atomic mass is 16.2. The minimum absolute atomic E-state index is 0.203. The first-order valence-electron chi connectivity index (χ1n) is 5.86. The number of carbonyl (C=O) groups is 1. The molecule has 0 radical (unpaired) electrons. The summed E-state index contributed by atoms with van der Waals surface area (Å²) >= 11 is 0. The van der Waals surface area contributed by atoms with Crippen LogP contribution in [0.25, 0.3) is 0 Å². The van der Waals surface area contributed by atoms with Gasteiger partial charge in [-0.15, -0.1) is 0 Å². The first-order chi connectivity index (χ1) is 8.26. The second-order valence-electron chi connectivity index (χ2n) is 3.81. The molecule has 0 saturated carbocycles. The summed E-state index contributed by atoms with van der Waals surface area (Å²) in [7, 11) is 0. The molecule has 17 heavy (non-hydrogen) atoms. The first kappa shape index (κ1) is 13.4. The van der Waals surface area contributed by atoms with Gasteiger partial charge >= 0.3 is 6.03 Å². The standard InChI is InChI=1S/C12H20N4O/c1-3-7-14-11(4-2)16-12(17)15-10-5-8-13-9-6-10/h3-4,7,10,13H,1,5-6,8-9H2,2H3,(H2,15,16,17)/b11-4+,14-7-. The molecule has 0 aromatic heterocycles. The van der Waals surface area contributed by atoms with Gasteiger partial charge in [0.15, 0.2) is 0 Å². The van der Waals surface area contributed by atoms with Crippen LogP contribution in [0.1, 0.15) is 19.8 Å². The number of hydrogen-bond donors (Lipinski definition) is 3. The van der Waals surface area contributed by atoms with Crippen molar-refractivity contribution in [2.24, 2.45) is 4.99 Å². The molecule has 5 heteroatoms. The number of piperidine rings is 1. The molecular formula is C12H20N4O. The van der Waals surface area contributed by atoms with Crippen molar-refractivity contribution in [1.82, 2.24) is 16.0 Å². The van der Waals surface area contributed by atoms with E-state index in [1.165, 1.54) is 0 Å². The molecule has 0 aliphatic carbocycles. The summed E-state index contributed by atoms with van der Waals surface area (Å²) < 4.78 is 0. The predicted octanol–water partition coefficient (Wildman–Crippen LogP) is 1.16. The van der Waals surface area contributed by atoms with Crippen molar-refractivity contribution in [2.45, 2.75) is 25.8 Å². The summed E-state index contributed by atoms with van der Waals surface area (Å²) in [5.74, 6) is 0.524. The topological polar surface area (TPSA) is 65.5 Å². The average Bonchev–Trinajstić information content (AvgIpc) is 2.35. The molecule has 0 bridgehead atoms. The van der Waals surface area contributed by atoms with Crippen molar-refractivity contribution in [2.75, 3.05) is 13.1 Å². The molecule has 94 valence electrons. The zero-order valence-corrected chi connectivity index (χ0v) is 10.2. The molecule has 1 rings (SSSR count). The van der Waals surface area contributed by atoms with Crippen LogP contribution in [-0.2, 0) is 0 Å². The lowest BCUT2D eigenvalue weighted by Crippen LogP contribution is -2.46. The molecule has 1 heterocycles. The highest BCUT2D eigenvalue weighted by Gasteiger charge is 2.15. The van der Waals surface area contributed by atoms with E-state index in [0.717, 1.165) is 25.9 Å². The Morgan fingerprint density at radius 2 is 2.18 bits per heavy atom. The molecule has 1 fully saturated rings. The van der Waals surface area contributed by atoms with Crippen molar-refractivity contribution < 1.29 is 4.79 Å². The lowest BCUT2D eigenvalue weighted by Gasteiger charge is -2.23. The van der Waals surface area contributed by atoms with E-state index < -0.39 is 0 Å². The fourth-order valence-electron chi connectivity index (χ4n) is 1.62. The zero-order valence-electron chi connectivity index (χ0n) is 10.2. The number of rotatable bonds is 4. The normalized spacial score (nSPS) is 18.1. The van der Waals surface area contributed by atoms with E-state index in [2.05, 4.69) is 27.5 Å². The second-order valence-corrected chi connectivity index (χ2v) is 3.81. The van der Waals surface area contributed by atoms with Gasteiger partial charge < -0.3 is 10.6 Å². The van der Waals surface area contributed by atoms with Gasteiger partial charge in [0.1, 0.15) is 5.82 Å². The van der Waals surface area contributed by atoms with Gasteiger partial charge in [-0.25, -0.2) is 9.79 Å². The SMILES string of the molecule is C=C/C=N\C(=C/C)NC(=O)NC1CCNCC1. The van der Waals surface area contributed by atoms with Gasteiger partial charge in [-0.1, -0.05) is 12.7 Å². The number of urea groups is 1. The third-order valence-electron chi connectivity index (χ3n) is 2.51. The monoisotopic (exact) mass is 236 g/mol. The molecule has 3 N–H and O–H groups in total. The minimum Gasteiger partial charge on any atom is -0.335 e. The van der Waals surface area contributed by atoms with Gasteiger partial charge in [0.2, 0.25) is 0 Å². The van der Waals surface area contributed by atoms with Gasteiger partial charge in [-0.3, -0.25) is 5.32 Å². The van der Waals surface area contributed by atoms with Crippen LogP contribution in [0, 0.1) is 0 Å². The Balaban J connectivity index is 2.36. The van der Waals surface area contributed by atoms with E-state index in [-0.39, 0.29) is 12.1 Å². The summed E-state index contributed by atoms with van der Waals surface area (Å²) in [4.78, 5) is 15.7. The zero-order chi connectivity index (χ0) is 12.5. The number of hydrogen-bond acceptors (Lipinski definition) is 3. The smallest absolute Gasteiger partial charge is 0.320 e. The van der Waals surface area contributed by atoms with Crippen molar-refractivity contribution in [1.29, 1.82) is 0 Å². The Bertz CT molecular complexity index is 316. The van der Waals surface area contributed by atoms with Crippen molar-refractivity contribution in [3.8, 4) is 0 Å². The van der Waals surface area contributed by atoms with Crippen LogP contribution in [-0.4, -0.2) is 31.4 Å². The van der Waals surface area contributed by atoms with Crippen molar-refractivity contribution in [3.63, 3.8) is 0 Å². The second kappa shape index (κ2) is 7.62. The van der Waals surface area contributed by atoms with Gasteiger partial charge in [0.25, 0.3) is 0 Å². The summed E-state index contributed by atoms with van der Waals surface area (Å²) in [6.45, 7) is 7.26. The molecule has 0 atom stereocenters. The number of carbonyl (C=O) groups excluding carboxylic acids is 1. The Morgan fingerprint density at radius 1 is 1.47 bits per heavy atom. The van der Waals surface area contributed by atoms with Gasteiger partial charge in [0.05, 0.1) is 0 Å². The van der Waals surface area contributed by atoms with E-state index >= 15 is 0 Å². The molecular weight excluding hydrogens is 216 g/mol. The van der Waals surface area contributed by atoms with Crippen LogP contribution >= 0.6 is 0 Å². The third-order valence-corrected chi connectivity index (χ3v) is 2.51. The Morgan fingerprint density at radius 3 is 2.76 bits per heavy atom. The van der Waals surface area contributed by atoms with E-state index in [1.807, 2.05) is 6.92 Å². The lowest BCUT2D eigenvalue weighted by atomic mass is 10.1. The van der Waals surface area contributed by atoms with Crippen LogP contribution in [0.2, 0.25) is 0 Å². The lowest BCUT2D eigenvalue weighted by molar-refractivity contribution is 0.236.